The summed E-state index contributed by atoms with van der Waals surface area (Å²) in [7, 11) is 0. The Morgan fingerprint density at radius 2 is 0.961 bits per heavy atom. The fourth-order valence-corrected chi connectivity index (χ4v) is 7.44. The van der Waals surface area contributed by atoms with Gasteiger partial charge in [-0.2, -0.15) is 0 Å². The lowest BCUT2D eigenvalue weighted by atomic mass is 9.90. The van der Waals surface area contributed by atoms with Gasteiger partial charge in [-0.05, 0) is 74.3 Å². The molecule has 9 aromatic rings. The fraction of sp³-hybridized carbons (Fsp3) is 0. The van der Waals surface area contributed by atoms with Gasteiger partial charge in [-0.15, -0.1) is 0 Å². The standard InChI is InChI=1S/C48H30N2O/c1-3-12-31(13-4-1)34-18-9-19-36(28-34)43-30-44(50-48(49-43)33-14-5-2-6-15-33)40-27-26-37(38-20-7-8-21-39(38)40)35-24-25-41-42-22-10-16-32-17-11-23-45(47(32)42)51-46(41)29-35/h1-30H. The van der Waals surface area contributed by atoms with Crippen LogP contribution in [0.1, 0.15) is 0 Å². The molecule has 2 heterocycles. The van der Waals surface area contributed by atoms with Crippen molar-refractivity contribution in [2.45, 2.75) is 0 Å². The van der Waals surface area contributed by atoms with Gasteiger partial charge in [0.15, 0.2) is 5.82 Å². The minimum atomic E-state index is 0.698. The van der Waals surface area contributed by atoms with Crippen molar-refractivity contribution in [2.24, 2.45) is 0 Å². The summed E-state index contributed by atoms with van der Waals surface area (Å²) in [5, 5.41) is 4.64. The highest BCUT2D eigenvalue weighted by molar-refractivity contribution is 6.07. The highest BCUT2D eigenvalue weighted by Crippen LogP contribution is 2.48. The monoisotopic (exact) mass is 650 g/mol. The van der Waals surface area contributed by atoms with Crippen LogP contribution in [0, 0.1) is 0 Å². The summed E-state index contributed by atoms with van der Waals surface area (Å²) in [5.74, 6) is 2.47. The number of aromatic nitrogens is 2. The average molecular weight is 651 g/mol. The molecule has 0 aliphatic carbocycles. The van der Waals surface area contributed by atoms with Gasteiger partial charge >= 0.3 is 0 Å². The molecule has 0 saturated heterocycles. The van der Waals surface area contributed by atoms with Crippen LogP contribution in [0.25, 0.3) is 88.8 Å². The van der Waals surface area contributed by atoms with Gasteiger partial charge in [-0.3, -0.25) is 0 Å². The van der Waals surface area contributed by atoms with E-state index in [1.807, 2.05) is 24.3 Å². The van der Waals surface area contributed by atoms with Crippen LogP contribution in [0.5, 0.6) is 11.5 Å². The number of rotatable bonds is 5. The first-order valence-electron chi connectivity index (χ1n) is 17.2. The van der Waals surface area contributed by atoms with Gasteiger partial charge in [0.2, 0.25) is 0 Å². The Morgan fingerprint density at radius 3 is 1.78 bits per heavy atom. The molecule has 0 radical (unpaired) electrons. The predicted molar refractivity (Wildman–Crippen MR) is 210 cm³/mol. The summed E-state index contributed by atoms with van der Waals surface area (Å²) < 4.78 is 6.55. The van der Waals surface area contributed by atoms with Crippen LogP contribution >= 0.6 is 0 Å². The molecule has 0 amide bonds. The number of hydrogen-bond acceptors (Lipinski definition) is 3. The van der Waals surface area contributed by atoms with Crippen molar-refractivity contribution in [1.82, 2.24) is 9.97 Å². The number of nitrogens with zero attached hydrogens (tertiary/aromatic N) is 2. The van der Waals surface area contributed by atoms with E-state index in [1.54, 1.807) is 0 Å². The molecular weight excluding hydrogens is 621 g/mol. The second-order valence-corrected chi connectivity index (χ2v) is 13.0. The van der Waals surface area contributed by atoms with Crippen LogP contribution in [0.15, 0.2) is 182 Å². The molecule has 1 aliphatic heterocycles. The number of ether oxygens (including phenoxy) is 1. The van der Waals surface area contributed by atoms with Crippen molar-refractivity contribution in [1.29, 1.82) is 0 Å². The third kappa shape index (κ3) is 5.06. The van der Waals surface area contributed by atoms with Crippen LogP contribution < -0.4 is 4.74 Å². The van der Waals surface area contributed by atoms with E-state index in [0.717, 1.165) is 72.6 Å². The molecule has 0 fully saturated rings. The molecular formula is C48H30N2O. The molecule has 0 atom stereocenters. The minimum absolute atomic E-state index is 0.698. The molecule has 0 unspecified atom stereocenters. The molecule has 10 rings (SSSR count). The van der Waals surface area contributed by atoms with Gasteiger partial charge in [0.1, 0.15) is 11.5 Å². The molecule has 51 heavy (non-hydrogen) atoms. The Morgan fingerprint density at radius 1 is 0.333 bits per heavy atom. The Kier molecular flexibility index (Phi) is 6.81. The van der Waals surface area contributed by atoms with Gasteiger partial charge in [0.05, 0.1) is 11.4 Å². The summed E-state index contributed by atoms with van der Waals surface area (Å²) in [5.41, 5.74) is 11.7. The average Bonchev–Trinajstić information content (AvgIpc) is 3.21. The van der Waals surface area contributed by atoms with Crippen LogP contribution in [0.2, 0.25) is 0 Å². The van der Waals surface area contributed by atoms with Crippen molar-refractivity contribution in [2.75, 3.05) is 0 Å². The van der Waals surface area contributed by atoms with Gasteiger partial charge in [0, 0.05) is 27.6 Å². The molecule has 0 saturated carbocycles. The largest absolute Gasteiger partial charge is 0.456 e. The summed E-state index contributed by atoms with van der Waals surface area (Å²) in [6, 6.07) is 63.8. The van der Waals surface area contributed by atoms with Crippen molar-refractivity contribution >= 4 is 21.5 Å². The van der Waals surface area contributed by atoms with Crippen molar-refractivity contribution in [3.8, 4) is 78.8 Å². The Bertz CT molecular complexity index is 2770. The third-order valence-corrected chi connectivity index (χ3v) is 9.89. The van der Waals surface area contributed by atoms with Gasteiger partial charge in [-0.1, -0.05) is 152 Å². The zero-order valence-corrected chi connectivity index (χ0v) is 27.6. The summed E-state index contributed by atoms with van der Waals surface area (Å²) in [6.07, 6.45) is 0. The van der Waals surface area contributed by atoms with E-state index < -0.39 is 0 Å². The second kappa shape index (κ2) is 11.9. The van der Waals surface area contributed by atoms with E-state index in [2.05, 4.69) is 158 Å². The first kappa shape index (κ1) is 29.1. The van der Waals surface area contributed by atoms with Gasteiger partial charge in [-0.25, -0.2) is 9.97 Å². The van der Waals surface area contributed by atoms with Crippen LogP contribution in [-0.4, -0.2) is 9.97 Å². The van der Waals surface area contributed by atoms with E-state index in [9.17, 15) is 0 Å². The summed E-state index contributed by atoms with van der Waals surface area (Å²) >= 11 is 0. The lowest BCUT2D eigenvalue weighted by Crippen LogP contribution is -1.98. The second-order valence-electron chi connectivity index (χ2n) is 13.0. The zero-order chi connectivity index (χ0) is 33.7. The first-order chi connectivity index (χ1) is 25.3. The lowest BCUT2D eigenvalue weighted by molar-refractivity contribution is 0.487. The maximum atomic E-state index is 6.55. The van der Waals surface area contributed by atoms with E-state index in [1.165, 1.54) is 21.9 Å². The molecule has 1 aromatic heterocycles. The van der Waals surface area contributed by atoms with Gasteiger partial charge < -0.3 is 4.74 Å². The highest BCUT2D eigenvalue weighted by atomic mass is 16.5. The predicted octanol–water partition coefficient (Wildman–Crippen LogP) is 12.9. The number of fused-ring (bicyclic) bond motifs is 3. The van der Waals surface area contributed by atoms with Crippen molar-refractivity contribution in [3.05, 3.63) is 182 Å². The van der Waals surface area contributed by atoms with E-state index in [0.29, 0.717) is 5.82 Å². The van der Waals surface area contributed by atoms with Crippen molar-refractivity contribution in [3.63, 3.8) is 0 Å². The summed E-state index contributed by atoms with van der Waals surface area (Å²) in [6.45, 7) is 0. The van der Waals surface area contributed by atoms with Crippen molar-refractivity contribution < 1.29 is 4.74 Å². The highest BCUT2D eigenvalue weighted by Gasteiger charge is 2.21. The maximum absolute atomic E-state index is 6.55. The normalized spacial score (nSPS) is 11.7. The van der Waals surface area contributed by atoms with Crippen LogP contribution in [-0.2, 0) is 0 Å². The maximum Gasteiger partial charge on any atom is 0.160 e. The Balaban J connectivity index is 1.11. The van der Waals surface area contributed by atoms with E-state index in [4.69, 9.17) is 14.7 Å². The SMILES string of the molecule is c1ccc(-c2cccc(-c3cc(-c4ccc(-c5ccc6c(c5)Oc5cccc7cccc-6c57)c5ccccc45)nc(-c4ccccc4)n3)c2)cc1. The smallest absolute Gasteiger partial charge is 0.160 e. The fourth-order valence-electron chi connectivity index (χ4n) is 7.44. The van der Waals surface area contributed by atoms with Crippen LogP contribution in [0.4, 0.5) is 0 Å². The summed E-state index contributed by atoms with van der Waals surface area (Å²) in [4.78, 5) is 10.3. The lowest BCUT2D eigenvalue weighted by Gasteiger charge is -2.22. The molecule has 8 aromatic carbocycles. The van der Waals surface area contributed by atoms with Gasteiger partial charge in [0.25, 0.3) is 0 Å². The minimum Gasteiger partial charge on any atom is -0.456 e. The van der Waals surface area contributed by atoms with E-state index in [-0.39, 0.29) is 0 Å². The molecule has 0 N–H and O–H groups in total. The molecule has 0 bridgehead atoms. The Hall–Kier alpha value is -6.84. The molecule has 0 spiro atoms. The molecule has 1 aliphatic rings. The molecule has 3 heteroatoms. The third-order valence-electron chi connectivity index (χ3n) is 9.89. The topological polar surface area (TPSA) is 35.0 Å². The quantitative estimate of drug-likeness (QED) is 0.186. The molecule has 238 valence electrons. The van der Waals surface area contributed by atoms with E-state index >= 15 is 0 Å². The van der Waals surface area contributed by atoms with Crippen LogP contribution in [0.3, 0.4) is 0 Å². The Labute approximate surface area is 296 Å². The zero-order valence-electron chi connectivity index (χ0n) is 27.6. The number of benzene rings is 8. The number of hydrogen-bond donors (Lipinski definition) is 0. The molecule has 3 nitrogen and oxygen atoms in total. The first-order valence-corrected chi connectivity index (χ1v) is 17.2.